The van der Waals surface area contributed by atoms with Crippen LogP contribution in [0.1, 0.15) is 17.2 Å². The molecule has 37 heavy (non-hydrogen) atoms. The van der Waals surface area contributed by atoms with E-state index < -0.39 is 0 Å². The molecule has 1 aromatic heterocycles. The van der Waals surface area contributed by atoms with E-state index in [0.717, 1.165) is 44.6 Å². The van der Waals surface area contributed by atoms with Crippen LogP contribution in [0, 0.1) is 0 Å². The van der Waals surface area contributed by atoms with Crippen molar-refractivity contribution in [2.75, 3.05) is 4.90 Å². The fraction of sp³-hybridized carbons (Fsp3) is 0.100. The van der Waals surface area contributed by atoms with Crippen LogP contribution >= 0.6 is 28.1 Å². The Hall–Kier alpha value is -3.81. The number of aromatic amines is 1. The number of aliphatic imine (C=N–C) groups is 1. The average Bonchev–Trinajstić information content (AvgIpc) is 3.50. The van der Waals surface area contributed by atoms with Crippen LogP contribution in [0.15, 0.2) is 126 Å². The molecule has 1 aliphatic rings. The summed E-state index contributed by atoms with van der Waals surface area (Å²) in [4.78, 5) is 15.0. The maximum absolute atomic E-state index is 5.88. The van der Waals surface area contributed by atoms with Crippen molar-refractivity contribution in [1.82, 2.24) is 15.3 Å². The molecule has 0 amide bonds. The SMILES string of the molecule is C=C/C=C(\C=C)C(Cc1ccccc1)N=C1NC(=S)N(c2ccc3nc[nH]c3c2)C1c1cccc(Br)c1. The Bertz CT molecular complexity index is 1520. The van der Waals surface area contributed by atoms with Crippen molar-refractivity contribution >= 4 is 55.8 Å². The second-order valence-corrected chi connectivity index (χ2v) is 9.99. The quantitative estimate of drug-likeness (QED) is 0.176. The number of amidine groups is 1. The molecule has 0 aliphatic carbocycles. The van der Waals surface area contributed by atoms with Gasteiger partial charge in [0.05, 0.1) is 23.4 Å². The maximum Gasteiger partial charge on any atom is 0.179 e. The number of aromatic nitrogens is 2. The molecule has 2 N–H and O–H groups in total. The van der Waals surface area contributed by atoms with Crippen LogP contribution in [0.2, 0.25) is 0 Å². The van der Waals surface area contributed by atoms with E-state index in [0.29, 0.717) is 5.11 Å². The van der Waals surface area contributed by atoms with Gasteiger partial charge in [-0.05, 0) is 65.7 Å². The monoisotopic (exact) mass is 567 g/mol. The van der Waals surface area contributed by atoms with Gasteiger partial charge < -0.3 is 15.2 Å². The van der Waals surface area contributed by atoms with Crippen molar-refractivity contribution in [2.45, 2.75) is 18.5 Å². The van der Waals surface area contributed by atoms with Crippen molar-refractivity contribution in [3.63, 3.8) is 0 Å². The molecular formula is C30H26BrN5S. The summed E-state index contributed by atoms with van der Waals surface area (Å²) < 4.78 is 0.991. The molecule has 4 aromatic rings. The number of anilines is 1. The summed E-state index contributed by atoms with van der Waals surface area (Å²) in [6.45, 7) is 7.94. The zero-order valence-electron chi connectivity index (χ0n) is 20.1. The predicted octanol–water partition coefficient (Wildman–Crippen LogP) is 7.07. The van der Waals surface area contributed by atoms with E-state index >= 15 is 0 Å². The summed E-state index contributed by atoms with van der Waals surface area (Å²) in [5, 5.41) is 4.02. The molecule has 3 aromatic carbocycles. The number of allylic oxidation sites excluding steroid dienone is 2. The van der Waals surface area contributed by atoms with Gasteiger partial charge in [0.25, 0.3) is 0 Å². The third kappa shape index (κ3) is 5.33. The molecule has 2 heterocycles. The van der Waals surface area contributed by atoms with Crippen molar-refractivity contribution in [1.29, 1.82) is 0 Å². The molecule has 5 rings (SSSR count). The van der Waals surface area contributed by atoms with Gasteiger partial charge in [-0.2, -0.15) is 0 Å². The first-order valence-electron chi connectivity index (χ1n) is 11.9. The van der Waals surface area contributed by atoms with E-state index in [1.165, 1.54) is 5.56 Å². The van der Waals surface area contributed by atoms with Gasteiger partial charge in [-0.1, -0.05) is 89.8 Å². The van der Waals surface area contributed by atoms with E-state index in [2.05, 4.69) is 79.6 Å². The number of H-pyrrole nitrogens is 1. The molecule has 5 nitrogen and oxygen atoms in total. The van der Waals surface area contributed by atoms with Crippen LogP contribution < -0.4 is 10.2 Å². The molecule has 1 aliphatic heterocycles. The van der Waals surface area contributed by atoms with Crippen molar-refractivity contribution < 1.29 is 0 Å². The fourth-order valence-electron chi connectivity index (χ4n) is 4.60. The van der Waals surface area contributed by atoms with Crippen LogP contribution in [0.3, 0.4) is 0 Å². The van der Waals surface area contributed by atoms with Crippen LogP contribution in [0.4, 0.5) is 5.69 Å². The molecule has 0 radical (unpaired) electrons. The van der Waals surface area contributed by atoms with Gasteiger partial charge in [-0.15, -0.1) is 0 Å². The zero-order chi connectivity index (χ0) is 25.8. The number of thiocarbonyl (C=S) groups is 1. The van der Waals surface area contributed by atoms with Gasteiger partial charge in [0.1, 0.15) is 11.9 Å². The molecular weight excluding hydrogens is 542 g/mol. The first-order chi connectivity index (χ1) is 18.1. The topological polar surface area (TPSA) is 56.3 Å². The lowest BCUT2D eigenvalue weighted by molar-refractivity contribution is 0.770. The Morgan fingerprint density at radius 3 is 2.70 bits per heavy atom. The Kier molecular flexibility index (Phi) is 7.44. The summed E-state index contributed by atoms with van der Waals surface area (Å²) in [6.07, 6.45) is 8.01. The highest BCUT2D eigenvalue weighted by atomic mass is 79.9. The number of nitrogens with one attached hydrogen (secondary N) is 2. The summed E-state index contributed by atoms with van der Waals surface area (Å²) in [5.74, 6) is 0.783. The first kappa shape index (κ1) is 24.9. The zero-order valence-corrected chi connectivity index (χ0v) is 22.5. The van der Waals surface area contributed by atoms with E-state index in [4.69, 9.17) is 17.2 Å². The minimum Gasteiger partial charge on any atom is -0.345 e. The second kappa shape index (κ2) is 11.1. The number of fused-ring (bicyclic) bond motifs is 1. The molecule has 0 saturated carbocycles. The van der Waals surface area contributed by atoms with Gasteiger partial charge in [0.2, 0.25) is 0 Å². The standard InChI is InChI=1S/C30H26BrN5S/c1-3-9-21(4-2)26(16-20-10-6-5-7-11-20)34-29-28(22-12-8-13-23(31)17-22)36(30(37)35-29)24-14-15-25-27(18-24)33-19-32-25/h3-15,17-19,26,28H,1-2,16H2,(H,32,33)(H,34,35,37)/b21-9+. The largest absolute Gasteiger partial charge is 0.345 e. The first-order valence-corrected chi connectivity index (χ1v) is 13.1. The average molecular weight is 569 g/mol. The van der Waals surface area contributed by atoms with E-state index in [1.54, 1.807) is 12.4 Å². The molecule has 2 unspecified atom stereocenters. The Balaban J connectivity index is 1.63. The lowest BCUT2D eigenvalue weighted by Crippen LogP contribution is -2.29. The lowest BCUT2D eigenvalue weighted by Gasteiger charge is -2.26. The Morgan fingerprint density at radius 1 is 1.11 bits per heavy atom. The van der Waals surface area contributed by atoms with Crippen LogP contribution in [-0.4, -0.2) is 27.0 Å². The Morgan fingerprint density at radius 2 is 1.95 bits per heavy atom. The third-order valence-corrected chi connectivity index (χ3v) is 7.11. The highest BCUT2D eigenvalue weighted by Gasteiger charge is 2.37. The lowest BCUT2D eigenvalue weighted by atomic mass is 9.98. The smallest absolute Gasteiger partial charge is 0.179 e. The van der Waals surface area contributed by atoms with Gasteiger partial charge in [-0.3, -0.25) is 4.99 Å². The molecule has 0 spiro atoms. The molecule has 1 saturated heterocycles. The van der Waals surface area contributed by atoms with Crippen molar-refractivity contribution in [3.05, 3.63) is 132 Å². The van der Waals surface area contributed by atoms with Crippen molar-refractivity contribution in [2.24, 2.45) is 4.99 Å². The molecule has 7 heteroatoms. The number of nitrogens with zero attached hydrogens (tertiary/aromatic N) is 3. The fourth-order valence-corrected chi connectivity index (χ4v) is 5.33. The normalized spacial score (nSPS) is 17.7. The summed E-state index contributed by atoms with van der Waals surface area (Å²) in [7, 11) is 0. The third-order valence-electron chi connectivity index (χ3n) is 6.31. The van der Waals surface area contributed by atoms with E-state index in [-0.39, 0.29) is 12.1 Å². The maximum atomic E-state index is 5.88. The van der Waals surface area contributed by atoms with Crippen molar-refractivity contribution in [3.8, 4) is 0 Å². The van der Waals surface area contributed by atoms with Gasteiger partial charge in [-0.25, -0.2) is 4.98 Å². The van der Waals surface area contributed by atoms with Gasteiger partial charge in [0, 0.05) is 10.2 Å². The van der Waals surface area contributed by atoms with Crippen LogP contribution in [0.25, 0.3) is 11.0 Å². The summed E-state index contributed by atoms with van der Waals surface area (Å²) in [6, 6.07) is 24.3. The van der Waals surface area contributed by atoms with Gasteiger partial charge >= 0.3 is 0 Å². The summed E-state index contributed by atoms with van der Waals surface area (Å²) >= 11 is 9.52. The predicted molar refractivity (Wildman–Crippen MR) is 161 cm³/mol. The molecule has 184 valence electrons. The highest BCUT2D eigenvalue weighted by Crippen LogP contribution is 2.35. The van der Waals surface area contributed by atoms with E-state index in [9.17, 15) is 0 Å². The number of hydrogen-bond acceptors (Lipinski definition) is 3. The molecule has 1 fully saturated rings. The minimum absolute atomic E-state index is 0.173. The number of imidazole rings is 1. The van der Waals surface area contributed by atoms with E-state index in [1.807, 2.05) is 54.6 Å². The molecule has 0 bridgehead atoms. The van der Waals surface area contributed by atoms with Crippen LogP contribution in [0.5, 0.6) is 0 Å². The number of rotatable bonds is 8. The van der Waals surface area contributed by atoms with Crippen LogP contribution in [-0.2, 0) is 6.42 Å². The highest BCUT2D eigenvalue weighted by molar-refractivity contribution is 9.10. The number of hydrogen-bond donors (Lipinski definition) is 2. The minimum atomic E-state index is -0.238. The summed E-state index contributed by atoms with van der Waals surface area (Å²) in [5.41, 5.74) is 6.05. The Labute approximate surface area is 230 Å². The molecule has 2 atom stereocenters. The number of benzene rings is 3. The number of halogens is 1. The van der Waals surface area contributed by atoms with Gasteiger partial charge in [0.15, 0.2) is 5.11 Å². The second-order valence-electron chi connectivity index (χ2n) is 8.69.